The van der Waals surface area contributed by atoms with Crippen molar-refractivity contribution in [1.29, 1.82) is 0 Å². The summed E-state index contributed by atoms with van der Waals surface area (Å²) >= 11 is 0. The predicted molar refractivity (Wildman–Crippen MR) is 97.6 cm³/mol. The lowest BCUT2D eigenvalue weighted by Crippen LogP contribution is -2.41. The maximum absolute atomic E-state index is 14.2. The van der Waals surface area contributed by atoms with E-state index in [0.717, 1.165) is 43.5 Å². The molecular formula is C21H21F2NO3. The zero-order valence-electron chi connectivity index (χ0n) is 14.8. The van der Waals surface area contributed by atoms with Crippen LogP contribution in [0.1, 0.15) is 47.5 Å². The third-order valence-electron chi connectivity index (χ3n) is 5.21. The van der Waals surface area contributed by atoms with Gasteiger partial charge in [0.05, 0.1) is 12.1 Å². The molecule has 1 atom stereocenters. The number of rotatable bonds is 5. The van der Waals surface area contributed by atoms with Gasteiger partial charge in [0.25, 0.3) is 0 Å². The number of carboxylic acids is 1. The highest BCUT2D eigenvalue weighted by molar-refractivity contribution is 5.88. The van der Waals surface area contributed by atoms with Crippen molar-refractivity contribution in [2.45, 2.75) is 37.7 Å². The lowest BCUT2D eigenvalue weighted by atomic mass is 10.0. The van der Waals surface area contributed by atoms with Crippen LogP contribution in [0.3, 0.4) is 0 Å². The highest BCUT2D eigenvalue weighted by Crippen LogP contribution is 2.45. The Morgan fingerprint density at radius 3 is 2.52 bits per heavy atom. The lowest BCUT2D eigenvalue weighted by molar-refractivity contribution is 0.0691. The first-order chi connectivity index (χ1) is 13.0. The molecule has 0 aromatic heterocycles. The summed E-state index contributed by atoms with van der Waals surface area (Å²) in [7, 11) is 0. The van der Waals surface area contributed by atoms with E-state index in [1.807, 2.05) is 0 Å². The number of nitrogens with zero attached hydrogens (tertiary/aromatic N) is 1. The van der Waals surface area contributed by atoms with Gasteiger partial charge in [-0.2, -0.15) is 0 Å². The predicted octanol–water partition coefficient (Wildman–Crippen LogP) is 4.59. The van der Waals surface area contributed by atoms with E-state index in [4.69, 9.17) is 4.74 Å². The van der Waals surface area contributed by atoms with Gasteiger partial charge in [0.15, 0.2) is 0 Å². The maximum atomic E-state index is 14.2. The molecule has 1 saturated carbocycles. The van der Waals surface area contributed by atoms with E-state index in [9.17, 15) is 18.7 Å². The van der Waals surface area contributed by atoms with Gasteiger partial charge in [0, 0.05) is 18.3 Å². The van der Waals surface area contributed by atoms with Crippen LogP contribution >= 0.6 is 0 Å². The fourth-order valence-corrected chi connectivity index (χ4v) is 3.65. The summed E-state index contributed by atoms with van der Waals surface area (Å²) in [4.78, 5) is 13.4. The normalized spacial score (nSPS) is 19.8. The molecular weight excluding hydrogens is 352 g/mol. The van der Waals surface area contributed by atoms with Crippen molar-refractivity contribution in [3.8, 4) is 5.75 Å². The van der Waals surface area contributed by atoms with E-state index in [0.29, 0.717) is 12.3 Å². The van der Waals surface area contributed by atoms with Crippen molar-refractivity contribution in [3.05, 3.63) is 59.2 Å². The maximum Gasteiger partial charge on any atom is 0.338 e. The van der Waals surface area contributed by atoms with Gasteiger partial charge in [-0.15, -0.1) is 0 Å². The molecule has 2 aromatic rings. The van der Waals surface area contributed by atoms with Gasteiger partial charge < -0.3 is 14.7 Å². The van der Waals surface area contributed by atoms with E-state index in [2.05, 4.69) is 4.90 Å². The van der Waals surface area contributed by atoms with Gasteiger partial charge >= 0.3 is 5.97 Å². The van der Waals surface area contributed by atoms with Crippen LogP contribution in [-0.4, -0.2) is 30.3 Å². The molecule has 1 N–H and O–H groups in total. The molecule has 1 unspecified atom stereocenters. The molecule has 6 heteroatoms. The number of carbonyl (C=O) groups is 1. The van der Waals surface area contributed by atoms with Crippen molar-refractivity contribution in [3.63, 3.8) is 0 Å². The van der Waals surface area contributed by atoms with Gasteiger partial charge in [-0.25, -0.2) is 13.6 Å². The summed E-state index contributed by atoms with van der Waals surface area (Å²) in [5, 5.41) is 9.17. The fraction of sp³-hybridized carbons (Fsp3) is 0.381. The Morgan fingerprint density at radius 2 is 1.85 bits per heavy atom. The van der Waals surface area contributed by atoms with E-state index < -0.39 is 11.8 Å². The molecule has 0 radical (unpaired) electrons. The first kappa shape index (κ1) is 17.8. The Bertz CT molecular complexity index is 849. The minimum atomic E-state index is -1.26. The van der Waals surface area contributed by atoms with Crippen LogP contribution in [-0.2, 0) is 0 Å². The van der Waals surface area contributed by atoms with Crippen molar-refractivity contribution >= 4 is 11.7 Å². The van der Waals surface area contributed by atoms with Crippen LogP contribution in [0.2, 0.25) is 0 Å². The average molecular weight is 373 g/mol. The molecule has 0 amide bonds. The number of hydrogen-bond donors (Lipinski definition) is 1. The van der Waals surface area contributed by atoms with Crippen LogP contribution in [0.15, 0.2) is 36.4 Å². The average Bonchev–Trinajstić information content (AvgIpc) is 3.47. The topological polar surface area (TPSA) is 49.8 Å². The Balaban J connectivity index is 1.54. The Kier molecular flexibility index (Phi) is 4.72. The SMILES string of the molecule is O=C(O)c1cc(C2CC2)c(OC2CCCN(c3ccc(F)cc3)C2)cc1F. The van der Waals surface area contributed by atoms with Crippen molar-refractivity contribution in [2.24, 2.45) is 0 Å². The Morgan fingerprint density at radius 1 is 1.11 bits per heavy atom. The molecule has 2 aliphatic rings. The minimum absolute atomic E-state index is 0.128. The zero-order valence-corrected chi connectivity index (χ0v) is 14.8. The summed E-state index contributed by atoms with van der Waals surface area (Å²) in [5.41, 5.74) is 1.41. The molecule has 4 rings (SSSR count). The minimum Gasteiger partial charge on any atom is -0.488 e. The van der Waals surface area contributed by atoms with Gasteiger partial charge in [-0.1, -0.05) is 0 Å². The number of benzene rings is 2. The zero-order chi connectivity index (χ0) is 19.0. The van der Waals surface area contributed by atoms with Crippen LogP contribution in [0, 0.1) is 11.6 Å². The summed E-state index contributed by atoms with van der Waals surface area (Å²) in [6, 6.07) is 9.00. The monoisotopic (exact) mass is 373 g/mol. The summed E-state index contributed by atoms with van der Waals surface area (Å²) in [6.07, 6.45) is 3.55. The number of halogens is 2. The standard InChI is InChI=1S/C21H21F2NO3/c22-14-5-7-15(8-6-14)24-9-1-2-16(12-24)27-20-11-19(23)18(21(25)26)10-17(20)13-3-4-13/h5-8,10-11,13,16H,1-4,9,12H2,(H,25,26). The van der Waals surface area contributed by atoms with Gasteiger partial charge in [-0.05, 0) is 67.5 Å². The number of carboxylic acid groups (broad SMARTS) is 1. The van der Waals surface area contributed by atoms with Crippen LogP contribution in [0.5, 0.6) is 5.75 Å². The number of anilines is 1. The van der Waals surface area contributed by atoms with Crippen LogP contribution in [0.4, 0.5) is 14.5 Å². The number of hydrogen-bond acceptors (Lipinski definition) is 3. The first-order valence-corrected chi connectivity index (χ1v) is 9.25. The smallest absolute Gasteiger partial charge is 0.338 e. The highest BCUT2D eigenvalue weighted by atomic mass is 19.1. The van der Waals surface area contributed by atoms with Crippen molar-refractivity contribution < 1.29 is 23.4 Å². The largest absolute Gasteiger partial charge is 0.488 e. The summed E-state index contributed by atoms with van der Waals surface area (Å²) in [5.74, 6) is -1.61. The summed E-state index contributed by atoms with van der Waals surface area (Å²) in [6.45, 7) is 1.48. The Hall–Kier alpha value is -2.63. The van der Waals surface area contributed by atoms with E-state index >= 15 is 0 Å². The second kappa shape index (κ2) is 7.18. The van der Waals surface area contributed by atoms with E-state index in [1.165, 1.54) is 24.3 Å². The highest BCUT2D eigenvalue weighted by Gasteiger charge is 2.31. The molecule has 1 saturated heterocycles. The second-order valence-corrected chi connectivity index (χ2v) is 7.25. The third kappa shape index (κ3) is 3.89. The summed E-state index contributed by atoms with van der Waals surface area (Å²) < 4.78 is 33.5. The number of piperidine rings is 1. The van der Waals surface area contributed by atoms with E-state index in [-0.39, 0.29) is 23.4 Å². The van der Waals surface area contributed by atoms with Crippen LogP contribution < -0.4 is 9.64 Å². The molecule has 4 nitrogen and oxygen atoms in total. The van der Waals surface area contributed by atoms with Gasteiger partial charge in [-0.3, -0.25) is 0 Å². The van der Waals surface area contributed by atoms with E-state index in [1.54, 1.807) is 12.1 Å². The molecule has 2 aromatic carbocycles. The fourth-order valence-electron chi connectivity index (χ4n) is 3.65. The van der Waals surface area contributed by atoms with Crippen molar-refractivity contribution in [1.82, 2.24) is 0 Å². The van der Waals surface area contributed by atoms with Crippen LogP contribution in [0.25, 0.3) is 0 Å². The molecule has 1 heterocycles. The molecule has 0 spiro atoms. The second-order valence-electron chi connectivity index (χ2n) is 7.25. The van der Waals surface area contributed by atoms with Gasteiger partial charge in [0.1, 0.15) is 23.5 Å². The number of ether oxygens (including phenoxy) is 1. The molecule has 0 bridgehead atoms. The molecule has 27 heavy (non-hydrogen) atoms. The quantitative estimate of drug-likeness (QED) is 0.833. The molecule has 2 fully saturated rings. The molecule has 1 aliphatic heterocycles. The molecule has 142 valence electrons. The number of aromatic carboxylic acids is 1. The van der Waals surface area contributed by atoms with Gasteiger partial charge in [0.2, 0.25) is 0 Å². The Labute approximate surface area is 156 Å². The lowest BCUT2D eigenvalue weighted by Gasteiger charge is -2.35. The molecule has 1 aliphatic carbocycles. The van der Waals surface area contributed by atoms with Crippen molar-refractivity contribution in [2.75, 3.05) is 18.0 Å². The third-order valence-corrected chi connectivity index (χ3v) is 5.21. The first-order valence-electron chi connectivity index (χ1n) is 9.25.